The lowest BCUT2D eigenvalue weighted by atomic mass is 10.1. The molecule has 0 atom stereocenters. The minimum absolute atomic E-state index is 0.260. The predicted molar refractivity (Wildman–Crippen MR) is 87.1 cm³/mol. The van der Waals surface area contributed by atoms with E-state index in [4.69, 9.17) is 17.3 Å². The van der Waals surface area contributed by atoms with E-state index < -0.39 is 10.0 Å². The molecule has 0 amide bonds. The van der Waals surface area contributed by atoms with Crippen LogP contribution < -0.4 is 10.5 Å². The third-order valence-corrected chi connectivity index (χ3v) is 5.07. The third kappa shape index (κ3) is 4.17. The summed E-state index contributed by atoms with van der Waals surface area (Å²) in [5, 5.41) is 2.28. The fourth-order valence-corrected chi connectivity index (χ4v) is 3.48. The molecule has 21 heavy (non-hydrogen) atoms. The van der Waals surface area contributed by atoms with Crippen LogP contribution in [-0.2, 0) is 10.0 Å². The van der Waals surface area contributed by atoms with Crippen molar-refractivity contribution >= 4 is 32.4 Å². The molecule has 0 aromatic heterocycles. The Hall–Kier alpha value is -1.14. The first-order valence-electron chi connectivity index (χ1n) is 6.92. The van der Waals surface area contributed by atoms with Crippen LogP contribution in [0.15, 0.2) is 41.3 Å². The van der Waals surface area contributed by atoms with Crippen molar-refractivity contribution in [3.05, 3.63) is 41.4 Å². The van der Waals surface area contributed by atoms with Gasteiger partial charge in [-0.25, -0.2) is 13.1 Å². The normalized spacial score (nSPS) is 11.9. The van der Waals surface area contributed by atoms with Crippen LogP contribution in [-0.4, -0.2) is 21.5 Å². The number of nitrogens with two attached hydrogens (primary N) is 1. The molecule has 2 rings (SSSR count). The van der Waals surface area contributed by atoms with Crippen LogP contribution in [0.4, 0.5) is 0 Å². The van der Waals surface area contributed by atoms with Crippen LogP contribution in [0, 0.1) is 0 Å². The fourth-order valence-electron chi connectivity index (χ4n) is 2.13. The first-order valence-corrected chi connectivity index (χ1v) is 8.79. The molecule has 0 aliphatic rings. The highest BCUT2D eigenvalue weighted by Gasteiger charge is 2.14. The van der Waals surface area contributed by atoms with Gasteiger partial charge >= 0.3 is 0 Å². The maximum Gasteiger partial charge on any atom is 0.240 e. The van der Waals surface area contributed by atoms with Gasteiger partial charge in [0.2, 0.25) is 10.0 Å². The SMILES string of the molecule is NCCCCCNS(=O)(=O)c1ccc2c(Cl)cccc2c1. The van der Waals surface area contributed by atoms with E-state index in [1.165, 1.54) is 0 Å². The first-order chi connectivity index (χ1) is 10.0. The summed E-state index contributed by atoms with van der Waals surface area (Å²) in [6.07, 6.45) is 2.62. The Balaban J connectivity index is 2.13. The number of unbranched alkanes of at least 4 members (excludes halogenated alkanes) is 2. The lowest BCUT2D eigenvalue weighted by Crippen LogP contribution is -2.24. The van der Waals surface area contributed by atoms with E-state index in [-0.39, 0.29) is 4.90 Å². The lowest BCUT2D eigenvalue weighted by Gasteiger charge is -2.08. The van der Waals surface area contributed by atoms with Crippen molar-refractivity contribution in [1.82, 2.24) is 4.72 Å². The smallest absolute Gasteiger partial charge is 0.240 e. The minimum atomic E-state index is -3.48. The Bertz CT molecular complexity index is 717. The molecule has 0 fully saturated rings. The molecule has 4 nitrogen and oxygen atoms in total. The number of sulfonamides is 1. The van der Waals surface area contributed by atoms with Crippen LogP contribution in [0.3, 0.4) is 0 Å². The van der Waals surface area contributed by atoms with E-state index in [9.17, 15) is 8.42 Å². The highest BCUT2D eigenvalue weighted by molar-refractivity contribution is 7.89. The average Bonchev–Trinajstić information content (AvgIpc) is 2.47. The molecule has 0 heterocycles. The van der Waals surface area contributed by atoms with Gasteiger partial charge in [-0.2, -0.15) is 0 Å². The van der Waals surface area contributed by atoms with Gasteiger partial charge in [0.1, 0.15) is 0 Å². The topological polar surface area (TPSA) is 72.2 Å². The maximum absolute atomic E-state index is 12.2. The molecular formula is C15H19ClN2O2S. The zero-order chi connectivity index (χ0) is 15.3. The molecule has 0 saturated heterocycles. The van der Waals surface area contributed by atoms with Crippen molar-refractivity contribution in [2.45, 2.75) is 24.2 Å². The molecule has 2 aromatic rings. The van der Waals surface area contributed by atoms with Gasteiger partial charge < -0.3 is 5.73 Å². The van der Waals surface area contributed by atoms with Crippen LogP contribution in [0.1, 0.15) is 19.3 Å². The van der Waals surface area contributed by atoms with Crippen molar-refractivity contribution < 1.29 is 8.42 Å². The van der Waals surface area contributed by atoms with Gasteiger partial charge in [0.25, 0.3) is 0 Å². The Morgan fingerprint density at radius 2 is 1.90 bits per heavy atom. The number of fused-ring (bicyclic) bond motifs is 1. The fraction of sp³-hybridized carbons (Fsp3) is 0.333. The van der Waals surface area contributed by atoms with E-state index in [0.717, 1.165) is 30.0 Å². The first kappa shape index (κ1) is 16.2. The maximum atomic E-state index is 12.2. The summed E-state index contributed by atoms with van der Waals surface area (Å²) in [5.41, 5.74) is 5.40. The minimum Gasteiger partial charge on any atom is -0.330 e. The lowest BCUT2D eigenvalue weighted by molar-refractivity contribution is 0.575. The Morgan fingerprint density at radius 3 is 2.67 bits per heavy atom. The summed E-state index contributed by atoms with van der Waals surface area (Å²) >= 11 is 6.08. The zero-order valence-corrected chi connectivity index (χ0v) is 13.3. The second kappa shape index (κ2) is 7.22. The number of benzene rings is 2. The van der Waals surface area contributed by atoms with Crippen LogP contribution in [0.5, 0.6) is 0 Å². The third-order valence-electron chi connectivity index (χ3n) is 3.28. The Kier molecular flexibility index (Phi) is 5.58. The van der Waals surface area contributed by atoms with Gasteiger partial charge in [-0.05, 0) is 43.0 Å². The van der Waals surface area contributed by atoms with Crippen molar-refractivity contribution in [3.8, 4) is 0 Å². The molecule has 0 radical (unpaired) electrons. The van der Waals surface area contributed by atoms with Crippen LogP contribution in [0.25, 0.3) is 10.8 Å². The second-order valence-corrected chi connectivity index (χ2v) is 7.04. The van der Waals surface area contributed by atoms with E-state index >= 15 is 0 Å². The molecule has 6 heteroatoms. The van der Waals surface area contributed by atoms with Gasteiger partial charge in [0, 0.05) is 17.0 Å². The van der Waals surface area contributed by atoms with E-state index in [1.54, 1.807) is 30.3 Å². The van der Waals surface area contributed by atoms with Crippen molar-refractivity contribution in [2.75, 3.05) is 13.1 Å². The number of nitrogens with one attached hydrogen (secondary N) is 1. The second-order valence-electron chi connectivity index (χ2n) is 4.87. The van der Waals surface area contributed by atoms with Crippen LogP contribution in [0.2, 0.25) is 5.02 Å². The molecule has 114 valence electrons. The summed E-state index contributed by atoms with van der Waals surface area (Å²) in [7, 11) is -3.48. The van der Waals surface area contributed by atoms with Crippen LogP contribution >= 0.6 is 11.6 Å². The summed E-state index contributed by atoms with van der Waals surface area (Å²) < 4.78 is 27.1. The zero-order valence-electron chi connectivity index (χ0n) is 11.7. The number of rotatable bonds is 7. The van der Waals surface area contributed by atoms with Gasteiger partial charge in [-0.15, -0.1) is 0 Å². The van der Waals surface area contributed by atoms with Crippen molar-refractivity contribution in [3.63, 3.8) is 0 Å². The van der Waals surface area contributed by atoms with E-state index in [1.807, 2.05) is 6.07 Å². The molecule has 0 unspecified atom stereocenters. The molecule has 3 N–H and O–H groups in total. The monoisotopic (exact) mass is 326 g/mol. The van der Waals surface area contributed by atoms with Gasteiger partial charge in [-0.1, -0.05) is 36.2 Å². The summed E-state index contributed by atoms with van der Waals surface area (Å²) in [4.78, 5) is 0.260. The molecule has 0 spiro atoms. The van der Waals surface area contributed by atoms with Gasteiger partial charge in [0.15, 0.2) is 0 Å². The average molecular weight is 327 g/mol. The van der Waals surface area contributed by atoms with Crippen molar-refractivity contribution in [1.29, 1.82) is 0 Å². The van der Waals surface area contributed by atoms with Gasteiger partial charge in [-0.3, -0.25) is 0 Å². The summed E-state index contributed by atoms with van der Waals surface area (Å²) in [5.74, 6) is 0. The molecule has 0 saturated carbocycles. The number of hydrogen-bond acceptors (Lipinski definition) is 3. The Morgan fingerprint density at radius 1 is 1.10 bits per heavy atom. The molecular weight excluding hydrogens is 308 g/mol. The van der Waals surface area contributed by atoms with Crippen molar-refractivity contribution in [2.24, 2.45) is 5.73 Å². The largest absolute Gasteiger partial charge is 0.330 e. The molecule has 0 aliphatic heterocycles. The molecule has 0 aliphatic carbocycles. The highest BCUT2D eigenvalue weighted by atomic mass is 35.5. The van der Waals surface area contributed by atoms with Gasteiger partial charge in [0.05, 0.1) is 4.90 Å². The molecule has 0 bridgehead atoms. The Labute approximate surface area is 130 Å². The number of hydrogen-bond donors (Lipinski definition) is 2. The molecule has 2 aromatic carbocycles. The summed E-state index contributed by atoms with van der Waals surface area (Å²) in [6, 6.07) is 10.4. The van der Waals surface area contributed by atoms with E-state index in [2.05, 4.69) is 4.72 Å². The van der Waals surface area contributed by atoms with E-state index in [0.29, 0.717) is 18.1 Å². The quantitative estimate of drug-likeness (QED) is 0.768. The standard InChI is InChI=1S/C15H19ClN2O2S/c16-15-6-4-5-12-11-13(7-8-14(12)15)21(19,20)18-10-3-1-2-9-17/h4-8,11,18H,1-3,9-10,17H2. The number of halogens is 1. The highest BCUT2D eigenvalue weighted by Crippen LogP contribution is 2.25. The summed E-state index contributed by atoms with van der Waals surface area (Å²) in [6.45, 7) is 1.06. The predicted octanol–water partition coefficient (Wildman–Crippen LogP) is 2.90.